The van der Waals surface area contributed by atoms with E-state index in [2.05, 4.69) is 15.2 Å². The van der Waals surface area contributed by atoms with E-state index in [-0.39, 0.29) is 5.89 Å². The number of aromatic amines is 1. The van der Waals surface area contributed by atoms with E-state index in [1.165, 1.54) is 7.11 Å². The number of pyridine rings is 1. The Labute approximate surface area is 78.6 Å². The zero-order valence-corrected chi connectivity index (χ0v) is 7.35. The number of nitrogens with one attached hydrogen (secondary N) is 1. The average molecular weight is 193 g/mol. The lowest BCUT2D eigenvalue weighted by molar-refractivity contribution is 0.397. The molecule has 0 radical (unpaired) electrons. The van der Waals surface area contributed by atoms with Crippen LogP contribution >= 0.6 is 0 Å². The molecule has 6 heteroatoms. The van der Waals surface area contributed by atoms with E-state index < -0.39 is 5.76 Å². The minimum absolute atomic E-state index is 0.167. The monoisotopic (exact) mass is 193 g/mol. The van der Waals surface area contributed by atoms with Crippen LogP contribution in [0.15, 0.2) is 27.5 Å². The lowest BCUT2D eigenvalue weighted by atomic mass is 10.3. The van der Waals surface area contributed by atoms with Crippen molar-refractivity contribution in [1.29, 1.82) is 0 Å². The van der Waals surface area contributed by atoms with Gasteiger partial charge in [0.05, 0.1) is 7.11 Å². The first kappa shape index (κ1) is 8.49. The van der Waals surface area contributed by atoms with Gasteiger partial charge in [-0.3, -0.25) is 0 Å². The normalized spacial score (nSPS) is 10.1. The van der Waals surface area contributed by atoms with Gasteiger partial charge in [0.2, 0.25) is 5.88 Å². The zero-order chi connectivity index (χ0) is 9.97. The van der Waals surface area contributed by atoms with E-state index >= 15 is 0 Å². The average Bonchev–Trinajstić information content (AvgIpc) is 2.65. The number of aromatic nitrogens is 3. The summed E-state index contributed by atoms with van der Waals surface area (Å²) in [4.78, 5) is 14.7. The SMILES string of the molecule is COc1ncccc1-c1n[nH]c(=O)o1. The van der Waals surface area contributed by atoms with Gasteiger partial charge in [-0.2, -0.15) is 0 Å². The van der Waals surface area contributed by atoms with E-state index in [0.717, 1.165) is 0 Å². The van der Waals surface area contributed by atoms with Gasteiger partial charge >= 0.3 is 5.76 Å². The number of methoxy groups -OCH3 is 1. The van der Waals surface area contributed by atoms with E-state index in [1.807, 2.05) is 0 Å². The third-order valence-electron chi connectivity index (χ3n) is 1.63. The molecule has 0 fully saturated rings. The van der Waals surface area contributed by atoms with Crippen molar-refractivity contribution in [2.45, 2.75) is 0 Å². The zero-order valence-electron chi connectivity index (χ0n) is 7.35. The molecule has 0 unspecified atom stereocenters. The molecule has 14 heavy (non-hydrogen) atoms. The van der Waals surface area contributed by atoms with Gasteiger partial charge in [-0.05, 0) is 12.1 Å². The predicted molar refractivity (Wildman–Crippen MR) is 46.9 cm³/mol. The third-order valence-corrected chi connectivity index (χ3v) is 1.63. The van der Waals surface area contributed by atoms with Crippen molar-refractivity contribution in [3.05, 3.63) is 28.9 Å². The summed E-state index contributed by atoms with van der Waals surface area (Å²) in [5, 5.41) is 5.83. The van der Waals surface area contributed by atoms with Gasteiger partial charge in [0.1, 0.15) is 5.56 Å². The fourth-order valence-corrected chi connectivity index (χ4v) is 1.06. The summed E-state index contributed by atoms with van der Waals surface area (Å²) in [6, 6.07) is 3.40. The molecule has 2 heterocycles. The predicted octanol–water partition coefficient (Wildman–Crippen LogP) is 0.433. The number of hydrogen-bond acceptors (Lipinski definition) is 5. The Morgan fingerprint density at radius 3 is 3.07 bits per heavy atom. The van der Waals surface area contributed by atoms with Crippen molar-refractivity contribution in [2.75, 3.05) is 7.11 Å². The van der Waals surface area contributed by atoms with E-state index in [4.69, 9.17) is 9.15 Å². The van der Waals surface area contributed by atoms with Crippen LogP contribution in [-0.4, -0.2) is 22.3 Å². The molecule has 0 aliphatic rings. The number of ether oxygens (including phenoxy) is 1. The largest absolute Gasteiger partial charge is 0.480 e. The second-order valence-electron chi connectivity index (χ2n) is 2.48. The minimum atomic E-state index is -0.606. The van der Waals surface area contributed by atoms with Crippen molar-refractivity contribution in [2.24, 2.45) is 0 Å². The molecule has 0 aromatic carbocycles. The number of H-pyrrole nitrogens is 1. The van der Waals surface area contributed by atoms with Crippen LogP contribution in [0.2, 0.25) is 0 Å². The van der Waals surface area contributed by atoms with Crippen LogP contribution in [0.1, 0.15) is 0 Å². The molecule has 6 nitrogen and oxygen atoms in total. The molecule has 0 atom stereocenters. The summed E-state index contributed by atoms with van der Waals surface area (Å²) in [6.45, 7) is 0. The van der Waals surface area contributed by atoms with E-state index in [9.17, 15) is 4.79 Å². The smallest absolute Gasteiger partial charge is 0.434 e. The molecule has 72 valence electrons. The second-order valence-corrected chi connectivity index (χ2v) is 2.48. The van der Waals surface area contributed by atoms with Crippen LogP contribution in [0.5, 0.6) is 5.88 Å². The fourth-order valence-electron chi connectivity index (χ4n) is 1.06. The van der Waals surface area contributed by atoms with Gasteiger partial charge in [-0.1, -0.05) is 0 Å². The number of nitrogens with zero attached hydrogens (tertiary/aromatic N) is 2. The molecule has 0 aliphatic carbocycles. The van der Waals surface area contributed by atoms with Crippen molar-refractivity contribution in [3.8, 4) is 17.3 Å². The van der Waals surface area contributed by atoms with Gasteiger partial charge < -0.3 is 9.15 Å². The van der Waals surface area contributed by atoms with Crippen molar-refractivity contribution >= 4 is 0 Å². The first-order valence-electron chi connectivity index (χ1n) is 3.86. The Morgan fingerprint density at radius 1 is 1.57 bits per heavy atom. The molecule has 0 amide bonds. The minimum Gasteiger partial charge on any atom is -0.480 e. The highest BCUT2D eigenvalue weighted by molar-refractivity contribution is 5.58. The van der Waals surface area contributed by atoms with Gasteiger partial charge in [0.15, 0.2) is 0 Å². The van der Waals surface area contributed by atoms with Crippen LogP contribution in [0, 0.1) is 0 Å². The molecule has 0 saturated heterocycles. The van der Waals surface area contributed by atoms with Gasteiger partial charge in [0, 0.05) is 6.20 Å². The second kappa shape index (κ2) is 3.33. The molecular formula is C8H7N3O3. The standard InChI is InChI=1S/C8H7N3O3/c1-13-6-5(3-2-4-9-6)7-10-11-8(12)14-7/h2-4H,1H3,(H,11,12). The Bertz CT molecular complexity index is 488. The highest BCUT2D eigenvalue weighted by Gasteiger charge is 2.11. The number of hydrogen-bond donors (Lipinski definition) is 1. The lowest BCUT2D eigenvalue weighted by Gasteiger charge is -2.01. The van der Waals surface area contributed by atoms with Crippen LogP contribution in [0.3, 0.4) is 0 Å². The Balaban J connectivity index is 2.55. The fraction of sp³-hybridized carbons (Fsp3) is 0.125. The van der Waals surface area contributed by atoms with Gasteiger partial charge in [-0.25, -0.2) is 14.9 Å². The highest BCUT2D eigenvalue weighted by atomic mass is 16.5. The lowest BCUT2D eigenvalue weighted by Crippen LogP contribution is -1.93. The Kier molecular flexibility index (Phi) is 2.02. The summed E-state index contributed by atoms with van der Waals surface area (Å²) in [7, 11) is 1.48. The molecule has 2 rings (SSSR count). The molecule has 2 aromatic rings. The Hall–Kier alpha value is -2.11. The molecule has 0 aliphatic heterocycles. The van der Waals surface area contributed by atoms with Gasteiger partial charge in [0.25, 0.3) is 5.89 Å². The molecule has 2 aromatic heterocycles. The molecule has 0 spiro atoms. The van der Waals surface area contributed by atoms with Crippen molar-refractivity contribution < 1.29 is 9.15 Å². The Morgan fingerprint density at radius 2 is 2.43 bits per heavy atom. The van der Waals surface area contributed by atoms with Crippen molar-refractivity contribution in [1.82, 2.24) is 15.2 Å². The van der Waals surface area contributed by atoms with Crippen LogP contribution in [0.4, 0.5) is 0 Å². The quantitative estimate of drug-likeness (QED) is 0.748. The van der Waals surface area contributed by atoms with Crippen LogP contribution < -0.4 is 10.5 Å². The van der Waals surface area contributed by atoms with Crippen LogP contribution in [0.25, 0.3) is 11.5 Å². The summed E-state index contributed by atoms with van der Waals surface area (Å²) >= 11 is 0. The first-order valence-corrected chi connectivity index (χ1v) is 3.86. The summed E-state index contributed by atoms with van der Waals surface area (Å²) in [5.74, 6) is -0.0754. The molecule has 0 bridgehead atoms. The molecule has 0 saturated carbocycles. The maximum absolute atomic E-state index is 10.7. The topological polar surface area (TPSA) is 81.0 Å². The first-order chi connectivity index (χ1) is 6.81. The maximum atomic E-state index is 10.7. The van der Waals surface area contributed by atoms with Crippen molar-refractivity contribution in [3.63, 3.8) is 0 Å². The maximum Gasteiger partial charge on any atom is 0.434 e. The summed E-state index contributed by atoms with van der Waals surface area (Å²) < 4.78 is 9.75. The summed E-state index contributed by atoms with van der Waals surface area (Å²) in [5.41, 5.74) is 0.536. The van der Waals surface area contributed by atoms with Crippen LogP contribution in [-0.2, 0) is 0 Å². The number of rotatable bonds is 2. The van der Waals surface area contributed by atoms with Gasteiger partial charge in [-0.15, -0.1) is 5.10 Å². The molecular weight excluding hydrogens is 186 g/mol. The third kappa shape index (κ3) is 1.37. The van der Waals surface area contributed by atoms with E-state index in [0.29, 0.717) is 11.4 Å². The summed E-state index contributed by atoms with van der Waals surface area (Å²) in [6.07, 6.45) is 1.58. The van der Waals surface area contributed by atoms with E-state index in [1.54, 1.807) is 18.3 Å². The molecule has 1 N–H and O–H groups in total. The highest BCUT2D eigenvalue weighted by Crippen LogP contribution is 2.23.